The van der Waals surface area contributed by atoms with Crippen molar-refractivity contribution in [3.63, 3.8) is 0 Å². The molecular weight excluding hydrogens is 332 g/mol. The fraction of sp³-hybridized carbons (Fsp3) is 0. The van der Waals surface area contributed by atoms with Gasteiger partial charge in [0.15, 0.2) is 0 Å². The second kappa shape index (κ2) is 5.55. The second-order valence-electron chi connectivity index (χ2n) is 3.57. The Morgan fingerprint density at radius 2 is 1.68 bits per heavy atom. The molecule has 3 nitrogen and oxygen atoms in total. The average Bonchev–Trinajstić information content (AvgIpc) is 2.37. The molecule has 1 N–H and O–H groups in total. The van der Waals surface area contributed by atoms with Gasteiger partial charge >= 0.3 is 5.97 Å². The van der Waals surface area contributed by atoms with E-state index in [1.807, 2.05) is 0 Å². The number of carboxylic acid groups (broad SMARTS) is 1. The fourth-order valence-corrected chi connectivity index (χ4v) is 2.60. The van der Waals surface area contributed by atoms with Gasteiger partial charge in [-0.15, -0.1) is 0 Å². The number of aromatic carboxylic acids is 1. The molecule has 0 fully saturated rings. The molecule has 98 valence electrons. The van der Waals surface area contributed by atoms with Crippen LogP contribution in [-0.4, -0.2) is 16.1 Å². The second-order valence-corrected chi connectivity index (χ2v) is 5.14. The number of hydrogen-bond donors (Lipinski definition) is 1. The number of benzene rings is 1. The van der Waals surface area contributed by atoms with Crippen molar-refractivity contribution in [1.29, 1.82) is 0 Å². The molecule has 0 bridgehead atoms. The van der Waals surface area contributed by atoms with Crippen LogP contribution in [0.4, 0.5) is 0 Å². The van der Waals surface area contributed by atoms with Gasteiger partial charge in [-0.3, -0.25) is 4.98 Å². The van der Waals surface area contributed by atoms with Crippen molar-refractivity contribution in [3.05, 3.63) is 50.2 Å². The third-order valence-corrected chi connectivity index (χ3v) is 4.01. The van der Waals surface area contributed by atoms with E-state index in [1.165, 1.54) is 24.5 Å². The van der Waals surface area contributed by atoms with Crippen molar-refractivity contribution in [2.75, 3.05) is 0 Å². The number of carbonyl (C=O) groups is 1. The lowest BCUT2D eigenvalue weighted by atomic mass is 10.0. The molecule has 1 aromatic heterocycles. The molecule has 0 unspecified atom stereocenters. The highest BCUT2D eigenvalue weighted by atomic mass is 35.5. The molecule has 0 atom stereocenters. The van der Waals surface area contributed by atoms with Gasteiger partial charge in [0.2, 0.25) is 0 Å². The summed E-state index contributed by atoms with van der Waals surface area (Å²) in [5.74, 6) is -1.12. The monoisotopic (exact) mass is 335 g/mol. The van der Waals surface area contributed by atoms with Crippen molar-refractivity contribution in [3.8, 4) is 11.1 Å². The summed E-state index contributed by atoms with van der Waals surface area (Å²) in [6.07, 6.45) is 2.71. The van der Waals surface area contributed by atoms with Crippen molar-refractivity contribution in [1.82, 2.24) is 4.98 Å². The Labute approximate surface area is 128 Å². The highest BCUT2D eigenvalue weighted by Gasteiger charge is 2.20. The number of nitrogens with zero attached hydrogens (tertiary/aromatic N) is 1. The minimum absolute atomic E-state index is 0.0112. The van der Waals surface area contributed by atoms with Crippen molar-refractivity contribution in [2.24, 2.45) is 0 Å². The van der Waals surface area contributed by atoms with E-state index < -0.39 is 5.97 Å². The predicted molar refractivity (Wildman–Crippen MR) is 76.7 cm³/mol. The normalized spacial score (nSPS) is 10.5. The van der Waals surface area contributed by atoms with E-state index in [9.17, 15) is 4.79 Å². The summed E-state index contributed by atoms with van der Waals surface area (Å²) < 4.78 is 0. The third kappa shape index (κ3) is 2.65. The first-order chi connectivity index (χ1) is 8.93. The topological polar surface area (TPSA) is 50.2 Å². The predicted octanol–water partition coefficient (Wildman–Crippen LogP) is 5.06. The molecule has 2 aromatic rings. The number of hydrogen-bond acceptors (Lipinski definition) is 2. The van der Waals surface area contributed by atoms with Gasteiger partial charge in [0.1, 0.15) is 0 Å². The maximum Gasteiger partial charge on any atom is 0.336 e. The van der Waals surface area contributed by atoms with Crippen LogP contribution in [0.5, 0.6) is 0 Å². The molecule has 19 heavy (non-hydrogen) atoms. The Bertz CT molecular complexity index is 647. The van der Waals surface area contributed by atoms with Gasteiger partial charge in [-0.05, 0) is 12.1 Å². The summed E-state index contributed by atoms with van der Waals surface area (Å²) in [5.41, 5.74) is 0.526. The molecule has 0 radical (unpaired) electrons. The molecule has 0 spiro atoms. The average molecular weight is 337 g/mol. The molecule has 7 heteroatoms. The molecule has 0 saturated heterocycles. The summed E-state index contributed by atoms with van der Waals surface area (Å²) in [7, 11) is 0. The molecule has 0 aliphatic heterocycles. The van der Waals surface area contributed by atoms with E-state index in [0.717, 1.165) is 0 Å². The van der Waals surface area contributed by atoms with Crippen LogP contribution < -0.4 is 0 Å². The van der Waals surface area contributed by atoms with Crippen LogP contribution in [0.25, 0.3) is 11.1 Å². The van der Waals surface area contributed by atoms with Crippen LogP contribution >= 0.6 is 46.4 Å². The van der Waals surface area contributed by atoms with Gasteiger partial charge in [0.25, 0.3) is 0 Å². The first kappa shape index (κ1) is 14.4. The van der Waals surface area contributed by atoms with Crippen LogP contribution in [-0.2, 0) is 0 Å². The van der Waals surface area contributed by atoms with Crippen molar-refractivity contribution >= 4 is 52.4 Å². The number of carboxylic acids is 1. The van der Waals surface area contributed by atoms with E-state index in [1.54, 1.807) is 0 Å². The maximum absolute atomic E-state index is 11.2. The number of rotatable bonds is 2. The third-order valence-electron chi connectivity index (χ3n) is 2.43. The standard InChI is InChI=1S/C12H5Cl4NO2/c13-7-3-8(14)11(16)9(10(7)15)6-4-17-2-1-5(6)12(18)19/h1-4H,(H,18,19). The highest BCUT2D eigenvalue weighted by Crippen LogP contribution is 2.43. The first-order valence-corrected chi connectivity index (χ1v) is 6.45. The molecular formula is C12H5Cl4NO2. The van der Waals surface area contributed by atoms with Crippen molar-refractivity contribution in [2.45, 2.75) is 0 Å². The van der Waals surface area contributed by atoms with Crippen LogP contribution in [0.15, 0.2) is 24.5 Å². The lowest BCUT2D eigenvalue weighted by molar-refractivity contribution is 0.0697. The quantitative estimate of drug-likeness (QED) is 0.780. The number of aromatic nitrogens is 1. The SMILES string of the molecule is O=C(O)c1ccncc1-c1c(Cl)c(Cl)cc(Cl)c1Cl. The summed E-state index contributed by atoms with van der Waals surface area (Å²) in [6, 6.07) is 2.74. The minimum atomic E-state index is -1.12. The molecule has 1 aromatic carbocycles. The lowest BCUT2D eigenvalue weighted by Gasteiger charge is -2.12. The molecule has 1 heterocycles. The van der Waals surface area contributed by atoms with E-state index in [2.05, 4.69) is 4.98 Å². The fourth-order valence-electron chi connectivity index (χ4n) is 1.59. The van der Waals surface area contributed by atoms with Crippen LogP contribution in [0.2, 0.25) is 20.1 Å². The summed E-state index contributed by atoms with van der Waals surface area (Å²) in [5, 5.41) is 9.80. The first-order valence-electron chi connectivity index (χ1n) is 4.94. The molecule has 2 rings (SSSR count). The molecule has 0 aliphatic carbocycles. The molecule has 0 aliphatic rings. The van der Waals surface area contributed by atoms with Gasteiger partial charge < -0.3 is 5.11 Å². The van der Waals surface area contributed by atoms with Gasteiger partial charge in [-0.25, -0.2) is 4.79 Å². The summed E-state index contributed by atoms with van der Waals surface area (Å²) >= 11 is 24.0. The zero-order valence-electron chi connectivity index (χ0n) is 9.12. The largest absolute Gasteiger partial charge is 0.478 e. The number of pyridine rings is 1. The van der Waals surface area contributed by atoms with Crippen molar-refractivity contribution < 1.29 is 9.90 Å². The Morgan fingerprint density at radius 1 is 1.11 bits per heavy atom. The smallest absolute Gasteiger partial charge is 0.336 e. The zero-order valence-corrected chi connectivity index (χ0v) is 12.1. The van der Waals surface area contributed by atoms with Gasteiger partial charge in [-0.1, -0.05) is 46.4 Å². The Balaban J connectivity index is 2.83. The number of halogens is 4. The highest BCUT2D eigenvalue weighted by molar-refractivity contribution is 6.50. The van der Waals surface area contributed by atoms with E-state index in [0.29, 0.717) is 0 Å². The van der Waals surface area contributed by atoms with E-state index >= 15 is 0 Å². The van der Waals surface area contributed by atoms with Gasteiger partial charge in [0.05, 0.1) is 25.7 Å². The Morgan fingerprint density at radius 3 is 2.21 bits per heavy atom. The molecule has 0 amide bonds. The summed E-state index contributed by atoms with van der Waals surface area (Å²) in [4.78, 5) is 15.1. The van der Waals surface area contributed by atoms with Gasteiger partial charge in [0, 0.05) is 23.5 Å². The van der Waals surface area contributed by atoms with E-state index in [-0.39, 0.29) is 36.8 Å². The maximum atomic E-state index is 11.2. The zero-order chi connectivity index (χ0) is 14.2. The van der Waals surface area contributed by atoms with Crippen LogP contribution in [0.1, 0.15) is 10.4 Å². The Kier molecular flexibility index (Phi) is 4.21. The molecule has 0 saturated carbocycles. The van der Waals surface area contributed by atoms with E-state index in [4.69, 9.17) is 51.5 Å². The van der Waals surface area contributed by atoms with Crippen LogP contribution in [0, 0.1) is 0 Å². The minimum Gasteiger partial charge on any atom is -0.478 e. The Hall–Kier alpha value is -1.000. The van der Waals surface area contributed by atoms with Crippen LogP contribution in [0.3, 0.4) is 0 Å². The lowest BCUT2D eigenvalue weighted by Crippen LogP contribution is -2.01. The van der Waals surface area contributed by atoms with Gasteiger partial charge in [-0.2, -0.15) is 0 Å². The summed E-state index contributed by atoms with van der Waals surface area (Å²) in [6.45, 7) is 0.